The number of nitrogens with one attached hydrogen (secondary N) is 1. The van der Waals surface area contributed by atoms with E-state index in [9.17, 15) is 9.18 Å². The first-order chi connectivity index (χ1) is 9.90. The molecule has 0 aliphatic rings. The molecule has 0 heterocycles. The van der Waals surface area contributed by atoms with Crippen LogP contribution in [-0.2, 0) is 0 Å². The maximum absolute atomic E-state index is 13.8. The highest BCUT2D eigenvalue weighted by molar-refractivity contribution is 6.42. The van der Waals surface area contributed by atoms with E-state index in [4.69, 9.17) is 28.3 Å². The number of hydrogen-bond acceptors (Lipinski definition) is 2. The summed E-state index contributed by atoms with van der Waals surface area (Å²) in [6, 6.07) is 8.39. The van der Waals surface area contributed by atoms with E-state index in [1.54, 1.807) is 25.1 Å². The van der Waals surface area contributed by atoms with E-state index in [2.05, 4.69) is 5.32 Å². The largest absolute Gasteiger partial charge is 0.478 e. The number of aromatic carboxylic acids is 1. The van der Waals surface area contributed by atoms with Gasteiger partial charge in [0.15, 0.2) is 0 Å². The lowest BCUT2D eigenvalue weighted by molar-refractivity contribution is 0.0697. The van der Waals surface area contributed by atoms with Gasteiger partial charge in [0.1, 0.15) is 5.82 Å². The van der Waals surface area contributed by atoms with E-state index in [1.165, 1.54) is 12.1 Å². The zero-order chi connectivity index (χ0) is 15.6. The summed E-state index contributed by atoms with van der Waals surface area (Å²) in [5.74, 6) is -1.66. The molecule has 0 radical (unpaired) electrons. The number of anilines is 1. The van der Waals surface area contributed by atoms with Gasteiger partial charge in [-0.05, 0) is 36.8 Å². The molecule has 0 aliphatic heterocycles. The number of rotatable bonds is 4. The highest BCUT2D eigenvalue weighted by atomic mass is 35.5. The molecule has 2 rings (SSSR count). The summed E-state index contributed by atoms with van der Waals surface area (Å²) >= 11 is 12.1. The monoisotopic (exact) mass is 327 g/mol. The van der Waals surface area contributed by atoms with Crippen molar-refractivity contribution in [2.24, 2.45) is 0 Å². The standard InChI is InChI=1S/C15H12Cl2FNO2/c1-8(10-3-2-4-11(16)14(10)17)19-13-7-9(15(20)21)5-6-12(13)18/h2-8,19H,1H3,(H,20,21). The molecule has 6 heteroatoms. The van der Waals surface area contributed by atoms with Crippen LogP contribution >= 0.6 is 23.2 Å². The molecule has 0 aromatic heterocycles. The highest BCUT2D eigenvalue weighted by Gasteiger charge is 2.15. The Hall–Kier alpha value is -1.78. The Labute approximate surface area is 131 Å². The van der Waals surface area contributed by atoms with Crippen LogP contribution in [0.2, 0.25) is 10.0 Å². The van der Waals surface area contributed by atoms with Crippen molar-refractivity contribution in [3.8, 4) is 0 Å². The third kappa shape index (κ3) is 3.46. The fraction of sp³-hybridized carbons (Fsp3) is 0.133. The van der Waals surface area contributed by atoms with E-state index in [0.717, 1.165) is 6.07 Å². The van der Waals surface area contributed by atoms with Gasteiger partial charge < -0.3 is 10.4 Å². The fourth-order valence-electron chi connectivity index (χ4n) is 1.93. The normalized spacial score (nSPS) is 12.0. The number of hydrogen-bond donors (Lipinski definition) is 2. The summed E-state index contributed by atoms with van der Waals surface area (Å²) in [5, 5.41) is 12.6. The number of benzene rings is 2. The molecule has 0 amide bonds. The molecule has 2 aromatic carbocycles. The van der Waals surface area contributed by atoms with E-state index < -0.39 is 11.8 Å². The van der Waals surface area contributed by atoms with Gasteiger partial charge in [0, 0.05) is 0 Å². The molecular formula is C15H12Cl2FNO2. The molecule has 3 nitrogen and oxygen atoms in total. The average molecular weight is 328 g/mol. The van der Waals surface area contributed by atoms with Crippen molar-refractivity contribution < 1.29 is 14.3 Å². The first-order valence-electron chi connectivity index (χ1n) is 6.13. The second kappa shape index (κ2) is 6.33. The molecule has 0 bridgehead atoms. The first-order valence-corrected chi connectivity index (χ1v) is 6.89. The minimum Gasteiger partial charge on any atom is -0.478 e. The fourth-order valence-corrected chi connectivity index (χ4v) is 2.41. The molecule has 0 fully saturated rings. The van der Waals surface area contributed by atoms with Crippen LogP contribution in [0.3, 0.4) is 0 Å². The van der Waals surface area contributed by atoms with Gasteiger partial charge in [-0.1, -0.05) is 35.3 Å². The summed E-state index contributed by atoms with van der Waals surface area (Å²) < 4.78 is 13.8. The molecule has 2 aromatic rings. The molecule has 1 unspecified atom stereocenters. The molecule has 0 aliphatic carbocycles. The van der Waals surface area contributed by atoms with Gasteiger partial charge >= 0.3 is 5.97 Å². The lowest BCUT2D eigenvalue weighted by Crippen LogP contribution is -2.10. The van der Waals surface area contributed by atoms with Crippen LogP contribution < -0.4 is 5.32 Å². The summed E-state index contributed by atoms with van der Waals surface area (Å²) in [7, 11) is 0. The van der Waals surface area contributed by atoms with Crippen molar-refractivity contribution in [2.45, 2.75) is 13.0 Å². The second-order valence-electron chi connectivity index (χ2n) is 4.51. The summed E-state index contributed by atoms with van der Waals surface area (Å²) in [6.45, 7) is 1.78. The van der Waals surface area contributed by atoms with Crippen LogP contribution in [0.25, 0.3) is 0 Å². The van der Waals surface area contributed by atoms with Crippen molar-refractivity contribution in [3.63, 3.8) is 0 Å². The Kier molecular flexibility index (Phi) is 4.70. The number of halogens is 3. The van der Waals surface area contributed by atoms with Crippen molar-refractivity contribution in [1.29, 1.82) is 0 Å². The minimum atomic E-state index is -1.12. The smallest absolute Gasteiger partial charge is 0.335 e. The van der Waals surface area contributed by atoms with Gasteiger partial charge in [-0.2, -0.15) is 0 Å². The van der Waals surface area contributed by atoms with Gasteiger partial charge in [-0.3, -0.25) is 0 Å². The Morgan fingerprint density at radius 1 is 1.29 bits per heavy atom. The first kappa shape index (κ1) is 15.6. The average Bonchev–Trinajstić information content (AvgIpc) is 2.43. The third-order valence-electron chi connectivity index (χ3n) is 3.03. The number of carboxylic acid groups (broad SMARTS) is 1. The quantitative estimate of drug-likeness (QED) is 0.830. The minimum absolute atomic E-state index is 0.00305. The Bertz CT molecular complexity index is 691. The van der Waals surface area contributed by atoms with Crippen LogP contribution in [0.4, 0.5) is 10.1 Å². The molecule has 110 valence electrons. The topological polar surface area (TPSA) is 49.3 Å². The summed E-state index contributed by atoms with van der Waals surface area (Å²) in [4.78, 5) is 10.9. The zero-order valence-electron chi connectivity index (χ0n) is 11.0. The van der Waals surface area contributed by atoms with E-state index in [-0.39, 0.29) is 17.3 Å². The third-order valence-corrected chi connectivity index (χ3v) is 3.87. The predicted molar refractivity (Wildman–Crippen MR) is 81.9 cm³/mol. The Morgan fingerprint density at radius 2 is 2.00 bits per heavy atom. The predicted octanol–water partition coefficient (Wildman–Crippen LogP) is 5.00. The molecule has 0 spiro atoms. The van der Waals surface area contributed by atoms with Gasteiger partial charge in [0.05, 0.1) is 27.3 Å². The Balaban J connectivity index is 2.31. The van der Waals surface area contributed by atoms with Gasteiger partial charge in [-0.15, -0.1) is 0 Å². The maximum Gasteiger partial charge on any atom is 0.335 e. The van der Waals surface area contributed by atoms with Crippen molar-refractivity contribution >= 4 is 34.9 Å². The number of carboxylic acids is 1. The van der Waals surface area contributed by atoms with Crippen LogP contribution in [0.5, 0.6) is 0 Å². The molecule has 2 N–H and O–H groups in total. The highest BCUT2D eigenvalue weighted by Crippen LogP contribution is 2.32. The maximum atomic E-state index is 13.8. The Morgan fingerprint density at radius 3 is 2.67 bits per heavy atom. The van der Waals surface area contributed by atoms with Crippen LogP contribution in [-0.4, -0.2) is 11.1 Å². The van der Waals surface area contributed by atoms with E-state index in [1.807, 2.05) is 0 Å². The van der Waals surface area contributed by atoms with E-state index >= 15 is 0 Å². The van der Waals surface area contributed by atoms with Crippen molar-refractivity contribution in [2.75, 3.05) is 5.32 Å². The SMILES string of the molecule is CC(Nc1cc(C(=O)O)ccc1F)c1cccc(Cl)c1Cl. The van der Waals surface area contributed by atoms with Gasteiger partial charge in [-0.25, -0.2) is 9.18 Å². The molecule has 0 saturated carbocycles. The summed E-state index contributed by atoms with van der Waals surface area (Å²) in [6.07, 6.45) is 0. The summed E-state index contributed by atoms with van der Waals surface area (Å²) in [5.41, 5.74) is 0.797. The zero-order valence-corrected chi connectivity index (χ0v) is 12.5. The van der Waals surface area contributed by atoms with Crippen LogP contribution in [0.1, 0.15) is 28.9 Å². The number of carbonyl (C=O) groups is 1. The molecule has 21 heavy (non-hydrogen) atoms. The van der Waals surface area contributed by atoms with Gasteiger partial charge in [0.25, 0.3) is 0 Å². The van der Waals surface area contributed by atoms with Crippen LogP contribution in [0.15, 0.2) is 36.4 Å². The van der Waals surface area contributed by atoms with Crippen molar-refractivity contribution in [3.05, 3.63) is 63.4 Å². The lowest BCUT2D eigenvalue weighted by Gasteiger charge is -2.18. The van der Waals surface area contributed by atoms with Gasteiger partial charge in [0.2, 0.25) is 0 Å². The molecular weight excluding hydrogens is 316 g/mol. The van der Waals surface area contributed by atoms with Crippen LogP contribution in [0, 0.1) is 5.82 Å². The molecule has 1 atom stereocenters. The second-order valence-corrected chi connectivity index (χ2v) is 5.29. The van der Waals surface area contributed by atoms with E-state index in [0.29, 0.717) is 15.6 Å². The lowest BCUT2D eigenvalue weighted by atomic mass is 10.1. The van der Waals surface area contributed by atoms with Crippen molar-refractivity contribution in [1.82, 2.24) is 0 Å². The molecule has 0 saturated heterocycles.